The highest BCUT2D eigenvalue weighted by Gasteiger charge is 2.26. The summed E-state index contributed by atoms with van der Waals surface area (Å²) in [4.78, 5) is 12.9. The average molecular weight is 265 g/mol. The molecule has 1 aliphatic rings. The second-order valence-corrected chi connectivity index (χ2v) is 5.33. The van der Waals surface area contributed by atoms with Crippen molar-refractivity contribution in [1.82, 2.24) is 4.90 Å². The molecule has 0 amide bonds. The number of nitrogens with zero attached hydrogens (tertiary/aromatic N) is 1. The zero-order valence-corrected chi connectivity index (χ0v) is 11.2. The van der Waals surface area contributed by atoms with Gasteiger partial charge in [-0.1, -0.05) is 12.1 Å². The van der Waals surface area contributed by atoms with E-state index in [4.69, 9.17) is 5.11 Å². The second kappa shape index (κ2) is 6.15. The molecule has 0 saturated carbocycles. The third kappa shape index (κ3) is 3.77. The van der Waals surface area contributed by atoms with Crippen LogP contribution in [-0.2, 0) is 11.2 Å². The molecule has 0 aliphatic carbocycles. The smallest absolute Gasteiger partial charge is 0.320 e. The van der Waals surface area contributed by atoms with Gasteiger partial charge in [0.05, 0.1) is 0 Å². The van der Waals surface area contributed by atoms with Crippen LogP contribution in [0.2, 0.25) is 0 Å². The zero-order valence-electron chi connectivity index (χ0n) is 11.2. The summed E-state index contributed by atoms with van der Waals surface area (Å²) in [7, 11) is 0. The van der Waals surface area contributed by atoms with Gasteiger partial charge in [-0.3, -0.25) is 9.69 Å². The molecule has 1 aromatic carbocycles. The number of hydrogen-bond donors (Lipinski definition) is 1. The van der Waals surface area contributed by atoms with E-state index < -0.39 is 12.0 Å². The number of benzene rings is 1. The van der Waals surface area contributed by atoms with E-state index in [9.17, 15) is 9.18 Å². The summed E-state index contributed by atoms with van der Waals surface area (Å²) in [6.07, 6.45) is 2.84. The van der Waals surface area contributed by atoms with Crippen LogP contribution in [0.25, 0.3) is 0 Å². The Morgan fingerprint density at radius 3 is 2.74 bits per heavy atom. The van der Waals surface area contributed by atoms with Crippen LogP contribution < -0.4 is 0 Å². The van der Waals surface area contributed by atoms with Gasteiger partial charge in [-0.25, -0.2) is 4.39 Å². The predicted octanol–water partition coefficient (Wildman–Crippen LogP) is 2.55. The van der Waals surface area contributed by atoms with Crippen molar-refractivity contribution in [3.63, 3.8) is 0 Å². The van der Waals surface area contributed by atoms with E-state index in [1.165, 1.54) is 6.07 Å². The highest BCUT2D eigenvalue weighted by molar-refractivity contribution is 5.72. The third-order valence-electron chi connectivity index (χ3n) is 3.97. The third-order valence-corrected chi connectivity index (χ3v) is 3.97. The SMILES string of the molecule is CC(C(=O)O)N1CCC(Cc2cccc(F)c2)CC1. The molecule has 1 aliphatic heterocycles. The Kier molecular flexibility index (Phi) is 4.53. The molecule has 1 saturated heterocycles. The molecule has 0 bridgehead atoms. The number of piperidine rings is 1. The molecule has 4 heteroatoms. The Balaban J connectivity index is 1.85. The molecule has 2 rings (SSSR count). The topological polar surface area (TPSA) is 40.5 Å². The maximum atomic E-state index is 13.1. The number of hydrogen-bond acceptors (Lipinski definition) is 2. The van der Waals surface area contributed by atoms with E-state index >= 15 is 0 Å². The van der Waals surface area contributed by atoms with E-state index in [2.05, 4.69) is 0 Å². The van der Waals surface area contributed by atoms with Crippen LogP contribution in [0.1, 0.15) is 25.3 Å². The summed E-state index contributed by atoms with van der Waals surface area (Å²) in [6.45, 7) is 3.36. The van der Waals surface area contributed by atoms with Gasteiger partial charge in [0.15, 0.2) is 0 Å². The van der Waals surface area contributed by atoms with Gasteiger partial charge in [-0.15, -0.1) is 0 Å². The van der Waals surface area contributed by atoms with E-state index in [1.807, 2.05) is 11.0 Å². The van der Waals surface area contributed by atoms with E-state index in [-0.39, 0.29) is 5.82 Å². The first-order valence-electron chi connectivity index (χ1n) is 6.77. The van der Waals surface area contributed by atoms with Crippen LogP contribution in [0, 0.1) is 11.7 Å². The molecule has 1 N–H and O–H groups in total. The van der Waals surface area contributed by atoms with Crippen LogP contribution in [0.15, 0.2) is 24.3 Å². The van der Waals surface area contributed by atoms with Gasteiger partial charge >= 0.3 is 5.97 Å². The Hall–Kier alpha value is -1.42. The van der Waals surface area contributed by atoms with Gasteiger partial charge in [-0.05, 0) is 62.9 Å². The van der Waals surface area contributed by atoms with Gasteiger partial charge < -0.3 is 5.11 Å². The molecule has 104 valence electrons. The summed E-state index contributed by atoms with van der Waals surface area (Å²) in [5.74, 6) is -0.419. The van der Waals surface area contributed by atoms with E-state index in [0.29, 0.717) is 5.92 Å². The number of carboxylic acids is 1. The summed E-state index contributed by atoms with van der Waals surface area (Å²) in [6, 6.07) is 6.34. The summed E-state index contributed by atoms with van der Waals surface area (Å²) >= 11 is 0. The number of aliphatic carboxylic acids is 1. The number of carbonyl (C=O) groups is 1. The van der Waals surface area contributed by atoms with Gasteiger partial charge in [-0.2, -0.15) is 0 Å². The molecular weight excluding hydrogens is 245 g/mol. The Morgan fingerprint density at radius 2 is 2.16 bits per heavy atom. The van der Waals surface area contributed by atoms with Crippen molar-refractivity contribution in [2.24, 2.45) is 5.92 Å². The van der Waals surface area contributed by atoms with Gasteiger partial charge in [0, 0.05) is 0 Å². The van der Waals surface area contributed by atoms with Crippen molar-refractivity contribution in [3.05, 3.63) is 35.6 Å². The molecule has 1 unspecified atom stereocenters. The standard InChI is InChI=1S/C15H20FNO2/c1-11(15(18)19)17-7-5-12(6-8-17)9-13-3-2-4-14(16)10-13/h2-4,10-12H,5-9H2,1H3,(H,18,19). The van der Waals surface area contributed by atoms with Gasteiger partial charge in [0.2, 0.25) is 0 Å². The molecule has 0 aromatic heterocycles. The van der Waals surface area contributed by atoms with Crippen molar-refractivity contribution in [1.29, 1.82) is 0 Å². The molecule has 1 atom stereocenters. The monoisotopic (exact) mass is 265 g/mol. The number of halogens is 1. The van der Waals surface area contributed by atoms with E-state index in [1.54, 1.807) is 19.1 Å². The van der Waals surface area contributed by atoms with Crippen molar-refractivity contribution in [3.8, 4) is 0 Å². The molecule has 0 spiro atoms. The first-order valence-corrected chi connectivity index (χ1v) is 6.77. The summed E-state index contributed by atoms with van der Waals surface area (Å²) in [5, 5.41) is 8.98. The lowest BCUT2D eigenvalue weighted by atomic mass is 9.89. The maximum Gasteiger partial charge on any atom is 0.320 e. The number of carboxylic acid groups (broad SMARTS) is 1. The largest absolute Gasteiger partial charge is 0.480 e. The lowest BCUT2D eigenvalue weighted by molar-refractivity contribution is -0.143. The fourth-order valence-corrected chi connectivity index (χ4v) is 2.70. The summed E-state index contributed by atoms with van der Waals surface area (Å²) < 4.78 is 13.1. The minimum atomic E-state index is -0.761. The molecule has 1 heterocycles. The highest BCUT2D eigenvalue weighted by Crippen LogP contribution is 2.23. The normalized spacial score (nSPS) is 19.3. The Labute approximate surface area is 113 Å². The highest BCUT2D eigenvalue weighted by atomic mass is 19.1. The molecule has 1 aromatic rings. The minimum absolute atomic E-state index is 0.186. The van der Waals surface area contributed by atoms with Crippen molar-refractivity contribution in [2.75, 3.05) is 13.1 Å². The van der Waals surface area contributed by atoms with Crippen LogP contribution >= 0.6 is 0 Å². The zero-order chi connectivity index (χ0) is 13.8. The maximum absolute atomic E-state index is 13.1. The second-order valence-electron chi connectivity index (χ2n) is 5.33. The Bertz CT molecular complexity index is 442. The van der Waals surface area contributed by atoms with E-state index in [0.717, 1.165) is 37.9 Å². The van der Waals surface area contributed by atoms with Crippen LogP contribution in [-0.4, -0.2) is 35.1 Å². The van der Waals surface area contributed by atoms with Crippen LogP contribution in [0.4, 0.5) is 4.39 Å². The van der Waals surface area contributed by atoms with Crippen molar-refractivity contribution in [2.45, 2.75) is 32.2 Å². The molecule has 3 nitrogen and oxygen atoms in total. The predicted molar refractivity (Wildman–Crippen MR) is 71.5 cm³/mol. The summed E-state index contributed by atoms with van der Waals surface area (Å²) in [5.41, 5.74) is 1.03. The quantitative estimate of drug-likeness (QED) is 0.909. The average Bonchev–Trinajstić information content (AvgIpc) is 2.39. The number of likely N-dealkylation sites (tertiary alicyclic amines) is 1. The van der Waals surface area contributed by atoms with Crippen molar-refractivity contribution >= 4 is 5.97 Å². The van der Waals surface area contributed by atoms with Crippen LogP contribution in [0.3, 0.4) is 0 Å². The molecule has 0 radical (unpaired) electrons. The molecule has 19 heavy (non-hydrogen) atoms. The Morgan fingerprint density at radius 1 is 1.47 bits per heavy atom. The first kappa shape index (κ1) is 14.0. The first-order chi connectivity index (χ1) is 9.06. The lowest BCUT2D eigenvalue weighted by Crippen LogP contribution is -2.44. The minimum Gasteiger partial charge on any atom is -0.480 e. The molecular formula is C15H20FNO2. The lowest BCUT2D eigenvalue weighted by Gasteiger charge is -2.34. The fourth-order valence-electron chi connectivity index (χ4n) is 2.70. The van der Waals surface area contributed by atoms with Gasteiger partial charge in [0.1, 0.15) is 11.9 Å². The number of rotatable bonds is 4. The van der Waals surface area contributed by atoms with Gasteiger partial charge in [0.25, 0.3) is 0 Å². The fraction of sp³-hybridized carbons (Fsp3) is 0.533. The van der Waals surface area contributed by atoms with Crippen molar-refractivity contribution < 1.29 is 14.3 Å². The molecule has 1 fully saturated rings. The van der Waals surface area contributed by atoms with Crippen LogP contribution in [0.5, 0.6) is 0 Å².